The quantitative estimate of drug-likeness (QED) is 0.781. The minimum Gasteiger partial charge on any atom is -0.393 e. The van der Waals surface area contributed by atoms with Crippen molar-refractivity contribution in [3.05, 3.63) is 35.4 Å². The van der Waals surface area contributed by atoms with Crippen LogP contribution in [0.25, 0.3) is 0 Å². The number of hydrogen-bond donors (Lipinski definition) is 3. The number of hydrogen-bond acceptors (Lipinski definition) is 2. The van der Waals surface area contributed by atoms with Crippen LogP contribution in [0.2, 0.25) is 0 Å². The van der Waals surface area contributed by atoms with Gasteiger partial charge < -0.3 is 15.7 Å². The van der Waals surface area contributed by atoms with E-state index in [4.69, 9.17) is 5.11 Å². The molecule has 0 saturated carbocycles. The van der Waals surface area contributed by atoms with Crippen LogP contribution in [0.3, 0.4) is 0 Å². The Morgan fingerprint density at radius 2 is 1.76 bits per heavy atom. The number of amides is 2. The number of urea groups is 1. The maximum Gasteiger partial charge on any atom is 0.315 e. The molecule has 3 N–H and O–H groups in total. The van der Waals surface area contributed by atoms with Gasteiger partial charge in [-0.3, -0.25) is 0 Å². The highest BCUT2D eigenvalue weighted by Crippen LogP contribution is 2.23. The van der Waals surface area contributed by atoms with E-state index in [1.807, 2.05) is 6.92 Å². The number of aliphatic hydroxyl groups excluding tert-OH is 1. The van der Waals surface area contributed by atoms with Gasteiger partial charge in [-0.15, -0.1) is 0 Å². The fourth-order valence-electron chi connectivity index (χ4n) is 2.00. The van der Waals surface area contributed by atoms with Gasteiger partial charge in [0.15, 0.2) is 0 Å². The molecule has 0 radical (unpaired) electrons. The summed E-state index contributed by atoms with van der Waals surface area (Å²) in [7, 11) is 0. The maximum absolute atomic E-state index is 11.7. The molecular weight excluding hydrogens is 264 g/mol. The molecule has 2 unspecified atom stereocenters. The van der Waals surface area contributed by atoms with Crippen LogP contribution in [0.4, 0.5) is 4.79 Å². The summed E-state index contributed by atoms with van der Waals surface area (Å²) in [5, 5.41) is 14.8. The largest absolute Gasteiger partial charge is 0.393 e. The first-order valence-electron chi connectivity index (χ1n) is 7.53. The number of benzene rings is 1. The van der Waals surface area contributed by atoms with E-state index in [9.17, 15) is 4.79 Å². The van der Waals surface area contributed by atoms with Crippen molar-refractivity contribution in [3.8, 4) is 0 Å². The molecule has 0 spiro atoms. The van der Waals surface area contributed by atoms with Crippen molar-refractivity contribution in [2.75, 3.05) is 6.54 Å². The highest BCUT2D eigenvalue weighted by Gasteiger charge is 2.14. The highest BCUT2D eigenvalue weighted by atomic mass is 16.3. The molecule has 0 aliphatic carbocycles. The molecule has 0 heterocycles. The predicted octanol–water partition coefficient (Wildman–Crippen LogP) is 3.12. The van der Waals surface area contributed by atoms with Gasteiger partial charge in [0.1, 0.15) is 0 Å². The van der Waals surface area contributed by atoms with Gasteiger partial charge in [-0.05, 0) is 36.8 Å². The third kappa shape index (κ3) is 6.17. The second kappa shape index (κ2) is 7.46. The van der Waals surface area contributed by atoms with Gasteiger partial charge in [0.25, 0.3) is 0 Å². The normalized spacial score (nSPS) is 14.4. The number of carbonyl (C=O) groups excluding carboxylic acids is 1. The zero-order valence-electron chi connectivity index (χ0n) is 13.7. The number of nitrogens with one attached hydrogen (secondary N) is 2. The smallest absolute Gasteiger partial charge is 0.315 e. The molecule has 1 aromatic rings. The second-order valence-corrected chi connectivity index (χ2v) is 6.63. The molecule has 2 atom stereocenters. The van der Waals surface area contributed by atoms with E-state index in [0.717, 1.165) is 5.56 Å². The van der Waals surface area contributed by atoms with E-state index in [-0.39, 0.29) is 17.5 Å². The van der Waals surface area contributed by atoms with Crippen molar-refractivity contribution in [3.63, 3.8) is 0 Å². The lowest BCUT2D eigenvalue weighted by Gasteiger charge is -2.21. The Labute approximate surface area is 128 Å². The second-order valence-electron chi connectivity index (χ2n) is 6.63. The zero-order valence-corrected chi connectivity index (χ0v) is 13.7. The third-order valence-electron chi connectivity index (χ3n) is 3.47. The molecule has 0 aliphatic heterocycles. The van der Waals surface area contributed by atoms with Crippen LogP contribution in [0.1, 0.15) is 58.2 Å². The van der Waals surface area contributed by atoms with Crippen LogP contribution in [-0.4, -0.2) is 23.8 Å². The van der Waals surface area contributed by atoms with Gasteiger partial charge in [0.05, 0.1) is 12.1 Å². The van der Waals surface area contributed by atoms with E-state index in [1.54, 1.807) is 6.92 Å². The fourth-order valence-corrected chi connectivity index (χ4v) is 2.00. The summed E-state index contributed by atoms with van der Waals surface area (Å²) in [6, 6.07) is 8.08. The van der Waals surface area contributed by atoms with Gasteiger partial charge in [-0.25, -0.2) is 4.79 Å². The lowest BCUT2D eigenvalue weighted by Crippen LogP contribution is -2.38. The summed E-state index contributed by atoms with van der Waals surface area (Å²) in [5.41, 5.74) is 2.49. The van der Waals surface area contributed by atoms with Crippen LogP contribution in [-0.2, 0) is 5.41 Å². The van der Waals surface area contributed by atoms with E-state index in [2.05, 4.69) is 55.7 Å². The van der Waals surface area contributed by atoms with Crippen LogP contribution in [0, 0.1) is 0 Å². The van der Waals surface area contributed by atoms with Crippen molar-refractivity contribution >= 4 is 6.03 Å². The minimum absolute atomic E-state index is 0.0504. The zero-order chi connectivity index (χ0) is 16.0. The van der Waals surface area contributed by atoms with Crippen molar-refractivity contribution < 1.29 is 9.90 Å². The Balaban J connectivity index is 2.52. The molecule has 1 aromatic carbocycles. The average molecular weight is 292 g/mol. The van der Waals surface area contributed by atoms with E-state index < -0.39 is 6.10 Å². The SMILES string of the molecule is CC(O)CCNC(=O)NC(C)c1ccc(C(C)(C)C)cc1. The molecule has 1 rings (SSSR count). The average Bonchev–Trinajstić information content (AvgIpc) is 2.37. The summed E-state index contributed by atoms with van der Waals surface area (Å²) in [6.07, 6.45) is 0.162. The lowest BCUT2D eigenvalue weighted by atomic mass is 9.86. The van der Waals surface area contributed by atoms with E-state index in [0.29, 0.717) is 13.0 Å². The highest BCUT2D eigenvalue weighted by molar-refractivity contribution is 5.74. The van der Waals surface area contributed by atoms with Crippen molar-refractivity contribution in [1.29, 1.82) is 0 Å². The first-order chi connectivity index (χ1) is 9.70. The summed E-state index contributed by atoms with van der Waals surface area (Å²) >= 11 is 0. The third-order valence-corrected chi connectivity index (χ3v) is 3.47. The molecule has 0 aliphatic rings. The van der Waals surface area contributed by atoms with Gasteiger partial charge in [0, 0.05) is 6.54 Å². The standard InChI is InChI=1S/C17H28N2O2/c1-12(20)10-11-18-16(21)19-13(2)14-6-8-15(9-7-14)17(3,4)5/h6-9,12-13,20H,10-11H2,1-5H3,(H2,18,19,21). The van der Waals surface area contributed by atoms with Crippen molar-refractivity contribution in [1.82, 2.24) is 10.6 Å². The lowest BCUT2D eigenvalue weighted by molar-refractivity contribution is 0.183. The summed E-state index contributed by atoms with van der Waals surface area (Å²) in [4.78, 5) is 11.7. The first-order valence-corrected chi connectivity index (χ1v) is 7.53. The van der Waals surface area contributed by atoms with Crippen LogP contribution in [0.5, 0.6) is 0 Å². The van der Waals surface area contributed by atoms with Gasteiger partial charge in [-0.2, -0.15) is 0 Å². The Morgan fingerprint density at radius 3 is 2.24 bits per heavy atom. The Kier molecular flexibility index (Phi) is 6.21. The van der Waals surface area contributed by atoms with Gasteiger partial charge in [0.2, 0.25) is 0 Å². The Hall–Kier alpha value is -1.55. The van der Waals surface area contributed by atoms with Gasteiger partial charge >= 0.3 is 6.03 Å². The molecule has 4 nitrogen and oxygen atoms in total. The number of carbonyl (C=O) groups is 1. The first kappa shape index (κ1) is 17.5. The molecular formula is C17H28N2O2. The summed E-state index contributed by atoms with van der Waals surface area (Å²) in [5.74, 6) is 0. The predicted molar refractivity (Wildman–Crippen MR) is 86.4 cm³/mol. The molecule has 118 valence electrons. The Bertz CT molecular complexity index is 447. The molecule has 4 heteroatoms. The molecule has 0 saturated heterocycles. The van der Waals surface area contributed by atoms with Crippen LogP contribution >= 0.6 is 0 Å². The molecule has 0 aromatic heterocycles. The topological polar surface area (TPSA) is 61.4 Å². The van der Waals surface area contributed by atoms with E-state index >= 15 is 0 Å². The summed E-state index contributed by atoms with van der Waals surface area (Å²) < 4.78 is 0. The van der Waals surface area contributed by atoms with Gasteiger partial charge in [-0.1, -0.05) is 45.0 Å². The number of rotatable bonds is 5. The molecule has 0 bridgehead atoms. The number of aliphatic hydroxyl groups is 1. The Morgan fingerprint density at radius 1 is 1.19 bits per heavy atom. The van der Waals surface area contributed by atoms with Crippen LogP contribution < -0.4 is 10.6 Å². The molecule has 2 amide bonds. The molecule has 21 heavy (non-hydrogen) atoms. The fraction of sp³-hybridized carbons (Fsp3) is 0.588. The van der Waals surface area contributed by atoms with Crippen molar-refractivity contribution in [2.24, 2.45) is 0 Å². The minimum atomic E-state index is -0.396. The van der Waals surface area contributed by atoms with E-state index in [1.165, 1.54) is 5.56 Å². The van der Waals surface area contributed by atoms with Crippen LogP contribution in [0.15, 0.2) is 24.3 Å². The maximum atomic E-state index is 11.7. The molecule has 0 fully saturated rings. The monoisotopic (exact) mass is 292 g/mol. The summed E-state index contributed by atoms with van der Waals surface area (Å²) in [6.45, 7) is 10.7. The van der Waals surface area contributed by atoms with Crippen molar-refractivity contribution in [2.45, 2.75) is 58.6 Å².